The molecule has 16 heteroatoms. The molecule has 0 bridgehead atoms. The summed E-state index contributed by atoms with van der Waals surface area (Å²) in [6, 6.07) is 9.73. The molecule has 0 saturated heterocycles. The molecular weight excluding hydrogens is 696 g/mol. The van der Waals surface area contributed by atoms with Crippen LogP contribution in [0.1, 0.15) is 61.8 Å². The Labute approximate surface area is 293 Å². The van der Waals surface area contributed by atoms with Gasteiger partial charge in [0.25, 0.3) is 15.9 Å². The van der Waals surface area contributed by atoms with Gasteiger partial charge in [-0.05, 0) is 89.4 Å². The third kappa shape index (κ3) is 9.32. The highest BCUT2D eigenvalue weighted by atomic mass is 35.5. The van der Waals surface area contributed by atoms with Gasteiger partial charge in [0.15, 0.2) is 10.7 Å². The Balaban J connectivity index is 1.69. The second-order valence-electron chi connectivity index (χ2n) is 12.5. The maximum atomic E-state index is 14.4. The van der Waals surface area contributed by atoms with Crippen LogP contribution in [0.5, 0.6) is 5.75 Å². The van der Waals surface area contributed by atoms with Gasteiger partial charge in [0, 0.05) is 43.4 Å². The standard InChI is InChI=1S/C33H45ClN4O9S2/c1-21-18-38(22(2)20-39)33(40)29-17-27(36-48(41,42)32-24(4)35-47-25(32)5)12-15-30(29)46-23(3)9-7-8-16-45-31(21)19-37(6)49(43,44)28-13-10-26(34)11-14-28/h10-15,17,21-23,31,36,39H,7-9,16,18-20H2,1-6H3/t21-,22-,23-,31+/m0/s1. The molecule has 3 aromatic rings. The van der Waals surface area contributed by atoms with Crippen LogP contribution >= 0.6 is 11.6 Å². The number of aliphatic hydroxyl groups excluding tert-OH is 1. The Hall–Kier alpha value is -3.21. The Morgan fingerprint density at radius 1 is 1.10 bits per heavy atom. The van der Waals surface area contributed by atoms with E-state index in [1.54, 1.807) is 13.0 Å². The number of hydrogen-bond acceptors (Lipinski definition) is 10. The van der Waals surface area contributed by atoms with Crippen LogP contribution in [-0.2, 0) is 24.8 Å². The molecule has 1 aliphatic rings. The number of likely N-dealkylation sites (N-methyl/N-ethyl adjacent to an activating group) is 1. The van der Waals surface area contributed by atoms with Crippen LogP contribution in [0.4, 0.5) is 5.69 Å². The molecule has 1 aromatic heterocycles. The molecule has 0 spiro atoms. The third-order valence-corrected chi connectivity index (χ3v) is 12.2. The molecule has 0 fully saturated rings. The molecule has 4 atom stereocenters. The molecule has 0 saturated carbocycles. The number of aliphatic hydroxyl groups is 1. The molecule has 13 nitrogen and oxygen atoms in total. The molecule has 2 aromatic carbocycles. The number of hydrogen-bond donors (Lipinski definition) is 2. The maximum Gasteiger partial charge on any atom is 0.267 e. The second kappa shape index (κ2) is 16.2. The van der Waals surface area contributed by atoms with E-state index in [2.05, 4.69) is 9.88 Å². The maximum absolute atomic E-state index is 14.4. The van der Waals surface area contributed by atoms with Crippen molar-refractivity contribution in [1.82, 2.24) is 14.4 Å². The van der Waals surface area contributed by atoms with E-state index in [1.165, 1.54) is 66.5 Å². The summed E-state index contributed by atoms with van der Waals surface area (Å²) in [4.78, 5) is 15.9. The van der Waals surface area contributed by atoms with Crippen molar-refractivity contribution >= 4 is 43.2 Å². The number of aryl methyl sites for hydroxylation is 2. The Morgan fingerprint density at radius 3 is 2.43 bits per heavy atom. The zero-order chi connectivity index (χ0) is 36.1. The molecule has 1 aliphatic heterocycles. The monoisotopic (exact) mass is 740 g/mol. The van der Waals surface area contributed by atoms with Crippen LogP contribution < -0.4 is 9.46 Å². The highest BCUT2D eigenvalue weighted by Gasteiger charge is 2.33. The zero-order valence-electron chi connectivity index (χ0n) is 28.5. The molecule has 270 valence electrons. The molecule has 0 unspecified atom stereocenters. The number of ether oxygens (including phenoxy) is 2. The number of halogens is 1. The highest BCUT2D eigenvalue weighted by molar-refractivity contribution is 7.92. The lowest BCUT2D eigenvalue weighted by molar-refractivity contribution is -0.00833. The second-order valence-corrected chi connectivity index (χ2v) is 16.6. The van der Waals surface area contributed by atoms with Gasteiger partial charge in [-0.15, -0.1) is 0 Å². The van der Waals surface area contributed by atoms with Gasteiger partial charge in [-0.3, -0.25) is 9.52 Å². The van der Waals surface area contributed by atoms with E-state index in [1.807, 2.05) is 13.8 Å². The van der Waals surface area contributed by atoms with E-state index in [4.69, 9.17) is 25.6 Å². The number of benzene rings is 2. The normalized spacial score (nSPS) is 20.7. The van der Waals surface area contributed by atoms with E-state index in [0.717, 1.165) is 6.42 Å². The number of nitrogens with zero attached hydrogens (tertiary/aromatic N) is 3. The highest BCUT2D eigenvalue weighted by Crippen LogP contribution is 2.31. The fourth-order valence-corrected chi connectivity index (χ4v) is 8.34. The third-order valence-electron chi connectivity index (χ3n) is 8.50. The fraction of sp³-hybridized carbons (Fsp3) is 0.515. The summed E-state index contributed by atoms with van der Waals surface area (Å²) in [6.07, 6.45) is 1.16. The first-order valence-corrected chi connectivity index (χ1v) is 19.4. The number of aromatic nitrogens is 1. The van der Waals surface area contributed by atoms with Crippen molar-refractivity contribution in [3.63, 3.8) is 0 Å². The van der Waals surface area contributed by atoms with Gasteiger partial charge in [-0.1, -0.05) is 23.7 Å². The van der Waals surface area contributed by atoms with Crippen molar-refractivity contribution in [2.75, 3.05) is 38.1 Å². The quantitative estimate of drug-likeness (QED) is 0.309. The lowest BCUT2D eigenvalue weighted by atomic mass is 10.0. The number of anilines is 1. The number of carbonyl (C=O) groups excluding carboxylic acids is 1. The van der Waals surface area contributed by atoms with Crippen molar-refractivity contribution in [1.29, 1.82) is 0 Å². The van der Waals surface area contributed by atoms with Crippen LogP contribution in [-0.4, -0.2) is 93.8 Å². The summed E-state index contributed by atoms with van der Waals surface area (Å²) in [5.74, 6) is -0.517. The molecule has 1 amide bonds. The van der Waals surface area contributed by atoms with Gasteiger partial charge >= 0.3 is 0 Å². The predicted molar refractivity (Wildman–Crippen MR) is 185 cm³/mol. The number of sulfonamides is 2. The summed E-state index contributed by atoms with van der Waals surface area (Å²) >= 11 is 5.98. The zero-order valence-corrected chi connectivity index (χ0v) is 30.9. The fourth-order valence-electron chi connectivity index (χ4n) is 5.65. The van der Waals surface area contributed by atoms with Crippen molar-refractivity contribution in [3.8, 4) is 5.75 Å². The Morgan fingerprint density at radius 2 is 1.80 bits per heavy atom. The summed E-state index contributed by atoms with van der Waals surface area (Å²) < 4.78 is 74.8. The average molecular weight is 741 g/mol. The average Bonchev–Trinajstić information content (AvgIpc) is 3.40. The number of carbonyl (C=O) groups is 1. The minimum absolute atomic E-state index is 0.00535. The van der Waals surface area contributed by atoms with E-state index in [9.17, 15) is 26.7 Å². The van der Waals surface area contributed by atoms with Crippen LogP contribution in [0.25, 0.3) is 0 Å². The van der Waals surface area contributed by atoms with Gasteiger partial charge < -0.3 is 24.0 Å². The molecule has 4 rings (SSSR count). The predicted octanol–water partition coefficient (Wildman–Crippen LogP) is 4.86. The van der Waals surface area contributed by atoms with Crippen LogP contribution in [0.3, 0.4) is 0 Å². The largest absolute Gasteiger partial charge is 0.490 e. The van der Waals surface area contributed by atoms with E-state index in [0.29, 0.717) is 24.5 Å². The van der Waals surface area contributed by atoms with E-state index < -0.39 is 44.0 Å². The summed E-state index contributed by atoms with van der Waals surface area (Å²) in [5, 5.41) is 14.4. The first kappa shape index (κ1) is 38.6. The summed E-state index contributed by atoms with van der Waals surface area (Å²) in [5.41, 5.74) is 0.400. The van der Waals surface area contributed by atoms with Gasteiger partial charge in [0.2, 0.25) is 10.0 Å². The number of amides is 1. The molecule has 0 radical (unpaired) electrons. The van der Waals surface area contributed by atoms with Crippen LogP contribution in [0.2, 0.25) is 5.02 Å². The Bertz CT molecular complexity index is 1800. The van der Waals surface area contributed by atoms with Crippen LogP contribution in [0, 0.1) is 19.8 Å². The number of nitrogens with one attached hydrogen (secondary N) is 1. The minimum Gasteiger partial charge on any atom is -0.490 e. The molecule has 2 heterocycles. The smallest absolute Gasteiger partial charge is 0.267 e. The molecule has 0 aliphatic carbocycles. The molecule has 49 heavy (non-hydrogen) atoms. The summed E-state index contributed by atoms with van der Waals surface area (Å²) in [7, 11) is -6.53. The number of fused-ring (bicyclic) bond motifs is 1. The topological polar surface area (TPSA) is 169 Å². The first-order chi connectivity index (χ1) is 23.0. The lowest BCUT2D eigenvalue weighted by Crippen LogP contribution is -2.48. The van der Waals surface area contributed by atoms with Crippen LogP contribution in [0.15, 0.2) is 56.8 Å². The van der Waals surface area contributed by atoms with Crippen molar-refractivity contribution < 1.29 is 40.7 Å². The lowest BCUT2D eigenvalue weighted by Gasteiger charge is -2.35. The summed E-state index contributed by atoms with van der Waals surface area (Å²) in [6.45, 7) is 8.54. The first-order valence-electron chi connectivity index (χ1n) is 16.1. The Kier molecular flexibility index (Phi) is 12.8. The molecular formula is C33H45ClN4O9S2. The van der Waals surface area contributed by atoms with Gasteiger partial charge in [-0.25, -0.2) is 16.8 Å². The van der Waals surface area contributed by atoms with Crippen molar-refractivity contribution in [2.45, 2.75) is 81.9 Å². The van der Waals surface area contributed by atoms with Gasteiger partial charge in [-0.2, -0.15) is 4.31 Å². The minimum atomic E-state index is -4.12. The van der Waals surface area contributed by atoms with Gasteiger partial charge in [0.1, 0.15) is 11.4 Å². The van der Waals surface area contributed by atoms with Crippen molar-refractivity contribution in [3.05, 3.63) is 64.5 Å². The van der Waals surface area contributed by atoms with E-state index >= 15 is 0 Å². The number of rotatable bonds is 9. The van der Waals surface area contributed by atoms with Crippen molar-refractivity contribution in [2.24, 2.45) is 5.92 Å². The molecule has 2 N–H and O–H groups in total. The van der Waals surface area contributed by atoms with Gasteiger partial charge in [0.05, 0.1) is 35.3 Å². The van der Waals surface area contributed by atoms with E-state index in [-0.39, 0.29) is 64.0 Å². The SMILES string of the molecule is Cc1noc(C)c1S(=O)(=O)Nc1ccc2c(c1)C(=O)N([C@@H](C)CO)C[C@H](C)[C@@H](CN(C)S(=O)(=O)c1ccc(Cl)cc1)OCCCC[C@H](C)O2.